The number of aromatic amines is 1. The number of carbonyl (C=O) groups excluding carboxylic acids is 1. The minimum Gasteiger partial charge on any atom is -0.411 e. The average Bonchev–Trinajstić information content (AvgIpc) is 3.14. The molecule has 0 radical (unpaired) electrons. The quantitative estimate of drug-likeness (QED) is 0.442. The molecule has 0 atom stereocenters. The number of carbonyl (C=O) groups is 1. The number of thioether (sulfide) groups is 1. The summed E-state index contributed by atoms with van der Waals surface area (Å²) < 4.78 is 6.79. The van der Waals surface area contributed by atoms with Crippen molar-refractivity contribution >= 4 is 23.4 Å². The van der Waals surface area contributed by atoms with Crippen LogP contribution in [-0.2, 0) is 6.54 Å². The molecule has 3 aromatic rings. The average molecular weight is 415 g/mol. The van der Waals surface area contributed by atoms with Crippen LogP contribution in [0.1, 0.15) is 34.8 Å². The Bertz CT molecular complexity index is 1180. The minimum atomic E-state index is -0.799. The lowest BCUT2D eigenvalue weighted by Crippen LogP contribution is -2.36. The van der Waals surface area contributed by atoms with Crippen LogP contribution in [0.3, 0.4) is 0 Å². The van der Waals surface area contributed by atoms with Crippen LogP contribution in [0.15, 0.2) is 37.4 Å². The zero-order valence-electron chi connectivity index (χ0n) is 16.3. The van der Waals surface area contributed by atoms with Crippen molar-refractivity contribution in [2.45, 2.75) is 39.0 Å². The molecule has 0 bridgehead atoms. The maximum Gasteiger partial charge on any atom is 0.329 e. The van der Waals surface area contributed by atoms with Gasteiger partial charge in [0.05, 0.1) is 5.75 Å². The number of nitrogens with two attached hydrogens (primary N) is 1. The Kier molecular flexibility index (Phi) is 6.02. The van der Waals surface area contributed by atoms with Crippen LogP contribution in [0.25, 0.3) is 11.5 Å². The Morgan fingerprint density at radius 2 is 2.00 bits per heavy atom. The van der Waals surface area contributed by atoms with E-state index in [4.69, 9.17) is 10.2 Å². The molecule has 3 rings (SSSR count). The first-order chi connectivity index (χ1) is 13.8. The highest BCUT2D eigenvalue weighted by Gasteiger charge is 2.20. The SMILES string of the molecule is CCCn1c(N)c(C(=O)CSc2nnc(-c3ccc(C)c(C)c3)o2)c(=O)[nH]c1=O. The van der Waals surface area contributed by atoms with Gasteiger partial charge >= 0.3 is 5.69 Å². The maximum absolute atomic E-state index is 12.6. The van der Waals surface area contributed by atoms with Crippen LogP contribution in [0.4, 0.5) is 5.82 Å². The van der Waals surface area contributed by atoms with Gasteiger partial charge in [-0.2, -0.15) is 0 Å². The van der Waals surface area contributed by atoms with E-state index in [0.717, 1.165) is 28.5 Å². The van der Waals surface area contributed by atoms with Gasteiger partial charge in [-0.3, -0.25) is 19.1 Å². The van der Waals surface area contributed by atoms with Gasteiger partial charge < -0.3 is 10.2 Å². The molecule has 10 heteroatoms. The van der Waals surface area contributed by atoms with E-state index in [1.54, 1.807) is 0 Å². The summed E-state index contributed by atoms with van der Waals surface area (Å²) in [6, 6.07) is 5.79. The van der Waals surface area contributed by atoms with Gasteiger partial charge in [-0.1, -0.05) is 24.8 Å². The molecule has 0 aliphatic rings. The number of Topliss-reactive ketones (excluding diaryl/α,β-unsaturated/α-hetero) is 1. The van der Waals surface area contributed by atoms with Gasteiger partial charge in [0.15, 0.2) is 5.78 Å². The van der Waals surface area contributed by atoms with Crippen molar-refractivity contribution in [2.75, 3.05) is 11.5 Å². The Labute approximate surface area is 170 Å². The molecule has 9 nitrogen and oxygen atoms in total. The standard InChI is InChI=1S/C19H21N5O4S/c1-4-7-24-15(20)14(16(26)21-18(24)27)13(25)9-29-19-23-22-17(28-19)12-6-5-10(2)11(3)8-12/h5-6,8H,4,7,9,20H2,1-3H3,(H,21,26,27). The minimum absolute atomic E-state index is 0.132. The Hall–Kier alpha value is -3.14. The number of nitrogens with zero attached hydrogens (tertiary/aromatic N) is 3. The monoisotopic (exact) mass is 415 g/mol. The molecule has 0 saturated carbocycles. The molecule has 0 spiro atoms. The molecule has 3 N–H and O–H groups in total. The number of anilines is 1. The lowest BCUT2D eigenvalue weighted by atomic mass is 10.1. The van der Waals surface area contributed by atoms with Gasteiger partial charge in [0.25, 0.3) is 10.8 Å². The Balaban J connectivity index is 1.77. The summed E-state index contributed by atoms with van der Waals surface area (Å²) in [6.07, 6.45) is 0.627. The molecule has 0 saturated heterocycles. The highest BCUT2D eigenvalue weighted by atomic mass is 32.2. The Morgan fingerprint density at radius 3 is 2.69 bits per heavy atom. The van der Waals surface area contributed by atoms with E-state index in [9.17, 15) is 14.4 Å². The van der Waals surface area contributed by atoms with Crippen LogP contribution < -0.4 is 17.0 Å². The topological polar surface area (TPSA) is 137 Å². The fourth-order valence-electron chi connectivity index (χ4n) is 2.76. The summed E-state index contributed by atoms with van der Waals surface area (Å²) in [7, 11) is 0. The normalized spacial score (nSPS) is 11.0. The molecule has 2 aromatic heterocycles. The molecule has 0 aliphatic heterocycles. The highest BCUT2D eigenvalue weighted by Crippen LogP contribution is 2.25. The van der Waals surface area contributed by atoms with Crippen molar-refractivity contribution in [1.82, 2.24) is 19.7 Å². The molecule has 0 amide bonds. The molecule has 0 aliphatic carbocycles. The third kappa shape index (κ3) is 4.32. The first-order valence-corrected chi connectivity index (χ1v) is 10.00. The molecule has 1 aromatic carbocycles. The van der Waals surface area contributed by atoms with E-state index in [1.165, 1.54) is 4.57 Å². The van der Waals surface area contributed by atoms with Crippen molar-refractivity contribution in [3.05, 3.63) is 55.7 Å². The third-order valence-electron chi connectivity index (χ3n) is 4.45. The van der Waals surface area contributed by atoms with Crippen LogP contribution in [0.5, 0.6) is 0 Å². The van der Waals surface area contributed by atoms with Gasteiger partial charge in [-0.05, 0) is 43.5 Å². The predicted molar refractivity (Wildman–Crippen MR) is 110 cm³/mol. The van der Waals surface area contributed by atoms with E-state index in [2.05, 4.69) is 15.2 Å². The highest BCUT2D eigenvalue weighted by molar-refractivity contribution is 7.99. The first-order valence-electron chi connectivity index (χ1n) is 9.01. The second-order valence-corrected chi connectivity index (χ2v) is 7.48. The van der Waals surface area contributed by atoms with Crippen LogP contribution in [0, 0.1) is 13.8 Å². The fourth-order valence-corrected chi connectivity index (χ4v) is 3.40. The number of H-pyrrole nitrogens is 1. The molecular formula is C19H21N5O4S. The zero-order valence-corrected chi connectivity index (χ0v) is 17.1. The summed E-state index contributed by atoms with van der Waals surface area (Å²) in [6.45, 7) is 6.16. The van der Waals surface area contributed by atoms with Gasteiger partial charge in [0, 0.05) is 12.1 Å². The van der Waals surface area contributed by atoms with Crippen LogP contribution in [-0.4, -0.2) is 31.3 Å². The van der Waals surface area contributed by atoms with Gasteiger partial charge in [-0.25, -0.2) is 4.79 Å². The van der Waals surface area contributed by atoms with Gasteiger partial charge in [0.2, 0.25) is 5.89 Å². The van der Waals surface area contributed by atoms with Gasteiger partial charge in [0.1, 0.15) is 11.4 Å². The first kappa shape index (κ1) is 20.6. The lowest BCUT2D eigenvalue weighted by molar-refractivity contribution is 0.102. The van der Waals surface area contributed by atoms with E-state index < -0.39 is 17.0 Å². The van der Waals surface area contributed by atoms with E-state index in [1.807, 2.05) is 39.0 Å². The van der Waals surface area contributed by atoms with Crippen molar-refractivity contribution < 1.29 is 9.21 Å². The number of aryl methyl sites for hydroxylation is 2. The van der Waals surface area contributed by atoms with Crippen LogP contribution in [0.2, 0.25) is 0 Å². The number of nitrogens with one attached hydrogen (secondary N) is 1. The smallest absolute Gasteiger partial charge is 0.329 e. The fraction of sp³-hybridized carbons (Fsp3) is 0.316. The summed E-state index contributed by atoms with van der Waals surface area (Å²) in [5, 5.41) is 8.14. The van der Waals surface area contributed by atoms with Crippen molar-refractivity contribution in [2.24, 2.45) is 0 Å². The summed E-state index contributed by atoms with van der Waals surface area (Å²) in [5.41, 5.74) is 7.28. The van der Waals surface area contributed by atoms with Crippen LogP contribution >= 0.6 is 11.8 Å². The van der Waals surface area contributed by atoms with Crippen molar-refractivity contribution in [3.63, 3.8) is 0 Å². The molecule has 0 fully saturated rings. The summed E-state index contributed by atoms with van der Waals surface area (Å²) in [4.78, 5) is 38.7. The molecule has 2 heterocycles. The predicted octanol–water partition coefficient (Wildman–Crippen LogP) is 2.17. The molecule has 152 valence electrons. The zero-order chi connectivity index (χ0) is 21.1. The molecule has 0 unspecified atom stereocenters. The summed E-state index contributed by atoms with van der Waals surface area (Å²) >= 11 is 1.00. The van der Waals surface area contributed by atoms with E-state index in [0.29, 0.717) is 18.9 Å². The van der Waals surface area contributed by atoms with Crippen molar-refractivity contribution in [3.8, 4) is 11.5 Å². The second kappa shape index (κ2) is 8.48. The molecule has 29 heavy (non-hydrogen) atoms. The number of aromatic nitrogens is 4. The van der Waals surface area contributed by atoms with E-state index >= 15 is 0 Å². The second-order valence-electron chi connectivity index (χ2n) is 6.56. The van der Waals surface area contributed by atoms with E-state index in [-0.39, 0.29) is 22.4 Å². The number of nitrogen functional groups attached to an aromatic ring is 1. The van der Waals surface area contributed by atoms with Crippen molar-refractivity contribution in [1.29, 1.82) is 0 Å². The molecular weight excluding hydrogens is 394 g/mol. The van der Waals surface area contributed by atoms with Gasteiger partial charge in [-0.15, -0.1) is 10.2 Å². The summed E-state index contributed by atoms with van der Waals surface area (Å²) in [5.74, 6) is -0.444. The number of rotatable bonds is 7. The number of hydrogen-bond acceptors (Lipinski definition) is 8. The Morgan fingerprint density at radius 1 is 1.24 bits per heavy atom. The third-order valence-corrected chi connectivity index (χ3v) is 5.27. The number of benzene rings is 1. The lowest BCUT2D eigenvalue weighted by Gasteiger charge is -2.10. The largest absolute Gasteiger partial charge is 0.411 e. The number of hydrogen-bond donors (Lipinski definition) is 2. The maximum atomic E-state index is 12.6. The number of ketones is 1.